The molecular formula is C27H27Cl2N3O2. The van der Waals surface area contributed by atoms with Crippen LogP contribution in [-0.4, -0.2) is 37.4 Å². The summed E-state index contributed by atoms with van der Waals surface area (Å²) in [4.78, 5) is 30.4. The predicted molar refractivity (Wildman–Crippen MR) is 139 cm³/mol. The van der Waals surface area contributed by atoms with Crippen LogP contribution in [0.15, 0.2) is 60.7 Å². The molecule has 1 atom stereocenters. The second-order valence-corrected chi connectivity index (χ2v) is 9.59. The topological polar surface area (TPSA) is 52.7 Å². The van der Waals surface area contributed by atoms with Gasteiger partial charge in [-0.1, -0.05) is 41.4 Å². The Bertz CT molecular complexity index is 1240. The third-order valence-corrected chi connectivity index (χ3v) is 6.75. The number of fused-ring (bicyclic) bond motifs is 1. The molecule has 0 saturated heterocycles. The number of nitrogens with zero attached hydrogens (tertiary/aromatic N) is 2. The number of para-hydroxylation sites is 1. The lowest BCUT2D eigenvalue weighted by molar-refractivity contribution is 0.0985. The van der Waals surface area contributed by atoms with Crippen molar-refractivity contribution in [2.24, 2.45) is 0 Å². The molecule has 0 radical (unpaired) electrons. The molecular weight excluding hydrogens is 469 g/mol. The highest BCUT2D eigenvalue weighted by Crippen LogP contribution is 2.36. The van der Waals surface area contributed by atoms with Gasteiger partial charge in [-0.15, -0.1) is 0 Å². The molecule has 3 aromatic carbocycles. The summed E-state index contributed by atoms with van der Waals surface area (Å²) in [5.74, 6) is -0.376. The van der Waals surface area contributed by atoms with Crippen LogP contribution in [-0.2, 0) is 0 Å². The molecule has 34 heavy (non-hydrogen) atoms. The van der Waals surface area contributed by atoms with E-state index in [-0.39, 0.29) is 22.9 Å². The molecule has 1 aliphatic heterocycles. The van der Waals surface area contributed by atoms with Gasteiger partial charge in [0.25, 0.3) is 11.8 Å². The minimum absolute atomic E-state index is 0.0389. The van der Waals surface area contributed by atoms with E-state index in [0.717, 1.165) is 24.1 Å². The number of amides is 2. The maximum atomic E-state index is 13.6. The van der Waals surface area contributed by atoms with Crippen LogP contribution in [0.3, 0.4) is 0 Å². The van der Waals surface area contributed by atoms with Gasteiger partial charge in [0.2, 0.25) is 0 Å². The van der Waals surface area contributed by atoms with Gasteiger partial charge in [0, 0.05) is 34.5 Å². The van der Waals surface area contributed by atoms with E-state index in [9.17, 15) is 9.59 Å². The summed E-state index contributed by atoms with van der Waals surface area (Å²) in [7, 11) is 4.15. The normalized spacial score (nSPS) is 15.6. The fraction of sp³-hybridized carbons (Fsp3) is 0.259. The number of hydrogen-bond acceptors (Lipinski definition) is 3. The SMILES string of the molecule is Cc1cc(NC(=O)c2ccc(Cl)cc2Cl)ccc1C(=O)N1CCCC(N(C)C)c2ccccc21. The second kappa shape index (κ2) is 10.2. The average Bonchev–Trinajstić information content (AvgIpc) is 2.98. The Labute approximate surface area is 210 Å². The Hall–Kier alpha value is -2.86. The number of carbonyl (C=O) groups is 2. The van der Waals surface area contributed by atoms with Crippen LogP contribution in [0.4, 0.5) is 11.4 Å². The van der Waals surface area contributed by atoms with Crippen molar-refractivity contribution >= 4 is 46.4 Å². The van der Waals surface area contributed by atoms with Crippen molar-refractivity contribution < 1.29 is 9.59 Å². The Morgan fingerprint density at radius 1 is 1.00 bits per heavy atom. The first-order chi connectivity index (χ1) is 16.3. The summed E-state index contributed by atoms with van der Waals surface area (Å²) in [6.07, 6.45) is 1.91. The molecule has 7 heteroatoms. The van der Waals surface area contributed by atoms with Crippen LogP contribution < -0.4 is 10.2 Å². The lowest BCUT2D eigenvalue weighted by Crippen LogP contribution is -2.32. The minimum Gasteiger partial charge on any atom is -0.322 e. The van der Waals surface area contributed by atoms with Crippen LogP contribution in [0, 0.1) is 6.92 Å². The molecule has 4 rings (SSSR count). The minimum atomic E-state index is -0.337. The van der Waals surface area contributed by atoms with Gasteiger partial charge in [-0.05, 0) is 87.5 Å². The highest BCUT2D eigenvalue weighted by Gasteiger charge is 2.28. The lowest BCUT2D eigenvalue weighted by atomic mass is 10.0. The van der Waals surface area contributed by atoms with Crippen LogP contribution >= 0.6 is 23.2 Å². The Balaban J connectivity index is 1.58. The number of carbonyl (C=O) groups excluding carboxylic acids is 2. The zero-order valence-electron chi connectivity index (χ0n) is 19.4. The maximum Gasteiger partial charge on any atom is 0.258 e. The van der Waals surface area contributed by atoms with E-state index < -0.39 is 0 Å². The number of anilines is 2. The third-order valence-electron chi connectivity index (χ3n) is 6.20. The molecule has 0 spiro atoms. The van der Waals surface area contributed by atoms with Gasteiger partial charge in [-0.25, -0.2) is 0 Å². The van der Waals surface area contributed by atoms with Gasteiger partial charge >= 0.3 is 0 Å². The number of nitrogens with one attached hydrogen (secondary N) is 1. The first kappa shape index (κ1) is 24.3. The Morgan fingerprint density at radius 3 is 2.44 bits per heavy atom. The molecule has 1 heterocycles. The van der Waals surface area contributed by atoms with Gasteiger partial charge < -0.3 is 15.1 Å². The monoisotopic (exact) mass is 495 g/mol. The van der Waals surface area contributed by atoms with Crippen LogP contribution in [0.5, 0.6) is 0 Å². The highest BCUT2D eigenvalue weighted by molar-refractivity contribution is 6.37. The second-order valence-electron chi connectivity index (χ2n) is 8.75. The van der Waals surface area contributed by atoms with Crippen molar-refractivity contribution in [3.63, 3.8) is 0 Å². The molecule has 176 valence electrons. The summed E-state index contributed by atoms with van der Waals surface area (Å²) in [5, 5.41) is 3.60. The van der Waals surface area contributed by atoms with Gasteiger partial charge in [0.05, 0.1) is 10.6 Å². The number of benzene rings is 3. The van der Waals surface area contributed by atoms with E-state index in [1.807, 2.05) is 30.0 Å². The number of hydrogen-bond donors (Lipinski definition) is 1. The average molecular weight is 496 g/mol. The van der Waals surface area contributed by atoms with E-state index in [4.69, 9.17) is 23.2 Å². The molecule has 1 N–H and O–H groups in total. The Morgan fingerprint density at radius 2 is 1.74 bits per heavy atom. The predicted octanol–water partition coefficient (Wildman–Crippen LogP) is 6.60. The summed E-state index contributed by atoms with van der Waals surface area (Å²) < 4.78 is 0. The van der Waals surface area contributed by atoms with Gasteiger partial charge in [-0.3, -0.25) is 9.59 Å². The van der Waals surface area contributed by atoms with Crippen molar-refractivity contribution in [2.75, 3.05) is 30.9 Å². The zero-order valence-corrected chi connectivity index (χ0v) is 21.0. The highest BCUT2D eigenvalue weighted by atomic mass is 35.5. The molecule has 0 saturated carbocycles. The molecule has 2 amide bonds. The quantitative estimate of drug-likeness (QED) is 0.443. The fourth-order valence-electron chi connectivity index (χ4n) is 4.48. The molecule has 1 unspecified atom stereocenters. The van der Waals surface area contributed by atoms with Gasteiger partial charge in [0.15, 0.2) is 0 Å². The lowest BCUT2D eigenvalue weighted by Gasteiger charge is -2.27. The van der Waals surface area contributed by atoms with E-state index >= 15 is 0 Å². The van der Waals surface area contributed by atoms with E-state index in [0.29, 0.717) is 28.4 Å². The van der Waals surface area contributed by atoms with Crippen LogP contribution in [0.1, 0.15) is 50.7 Å². The van der Waals surface area contributed by atoms with Gasteiger partial charge in [-0.2, -0.15) is 0 Å². The van der Waals surface area contributed by atoms with Gasteiger partial charge in [0.1, 0.15) is 0 Å². The van der Waals surface area contributed by atoms with Crippen molar-refractivity contribution in [1.82, 2.24) is 4.90 Å². The van der Waals surface area contributed by atoms with Crippen molar-refractivity contribution in [2.45, 2.75) is 25.8 Å². The largest absolute Gasteiger partial charge is 0.322 e. The standard InChI is InChI=1S/C27H27Cl2N3O2/c1-17-15-19(30-26(33)21-12-10-18(28)16-23(21)29)11-13-20(17)27(34)32-14-6-9-24(31(2)3)22-7-4-5-8-25(22)32/h4-5,7-8,10-13,15-16,24H,6,9,14H2,1-3H3,(H,30,33). The third kappa shape index (κ3) is 4.97. The molecule has 0 aromatic heterocycles. The smallest absolute Gasteiger partial charge is 0.258 e. The zero-order chi connectivity index (χ0) is 24.4. The van der Waals surface area contributed by atoms with E-state index in [1.54, 1.807) is 30.3 Å². The van der Waals surface area contributed by atoms with Crippen LogP contribution in [0.2, 0.25) is 10.0 Å². The molecule has 0 fully saturated rings. The van der Waals surface area contributed by atoms with E-state index in [1.165, 1.54) is 11.6 Å². The van der Waals surface area contributed by atoms with Crippen molar-refractivity contribution in [3.8, 4) is 0 Å². The maximum absolute atomic E-state index is 13.6. The number of rotatable bonds is 4. The molecule has 0 bridgehead atoms. The number of halogens is 2. The molecule has 0 aliphatic carbocycles. The summed E-state index contributed by atoms with van der Waals surface area (Å²) in [5.41, 5.74) is 4.45. The van der Waals surface area contributed by atoms with Crippen LogP contribution in [0.25, 0.3) is 0 Å². The Kier molecular flexibility index (Phi) is 7.27. The summed E-state index contributed by atoms with van der Waals surface area (Å²) >= 11 is 12.1. The summed E-state index contributed by atoms with van der Waals surface area (Å²) in [6.45, 7) is 2.54. The first-order valence-corrected chi connectivity index (χ1v) is 12.0. The molecule has 3 aromatic rings. The molecule has 1 aliphatic rings. The number of aryl methyl sites for hydroxylation is 1. The van der Waals surface area contributed by atoms with Crippen molar-refractivity contribution in [3.05, 3.63) is 93.0 Å². The van der Waals surface area contributed by atoms with Crippen molar-refractivity contribution in [1.29, 1.82) is 0 Å². The van der Waals surface area contributed by atoms with E-state index in [2.05, 4.69) is 30.4 Å². The summed E-state index contributed by atoms with van der Waals surface area (Å²) in [6, 6.07) is 18.5. The molecule has 5 nitrogen and oxygen atoms in total. The fourth-order valence-corrected chi connectivity index (χ4v) is 4.97. The first-order valence-electron chi connectivity index (χ1n) is 11.2.